The fourth-order valence-corrected chi connectivity index (χ4v) is 4.18. The van der Waals surface area contributed by atoms with Gasteiger partial charge in [-0.1, -0.05) is 31.5 Å². The van der Waals surface area contributed by atoms with Crippen LogP contribution >= 0.6 is 11.8 Å². The smallest absolute Gasteiger partial charge is 0.238 e. The number of rotatable bonds is 7. The van der Waals surface area contributed by atoms with Crippen LogP contribution in [-0.2, 0) is 9.59 Å². The van der Waals surface area contributed by atoms with Gasteiger partial charge in [-0.3, -0.25) is 14.5 Å². The summed E-state index contributed by atoms with van der Waals surface area (Å²) >= 11 is 1.60. The highest BCUT2D eigenvalue weighted by molar-refractivity contribution is 8.00. The summed E-state index contributed by atoms with van der Waals surface area (Å²) in [6.45, 7) is 2.07. The first kappa shape index (κ1) is 19.3. The Morgan fingerprint density at radius 1 is 1.26 bits per heavy atom. The van der Waals surface area contributed by atoms with Crippen molar-refractivity contribution in [3.63, 3.8) is 0 Å². The van der Waals surface area contributed by atoms with Gasteiger partial charge in [0.25, 0.3) is 0 Å². The molecule has 142 valence electrons. The number of amides is 2. The van der Waals surface area contributed by atoms with Gasteiger partial charge in [0.1, 0.15) is 11.1 Å². The maximum absolute atomic E-state index is 12.5. The number of nitrogens with zero attached hydrogens (tertiary/aromatic N) is 1. The normalized spacial score (nSPS) is 16.4. The second-order valence-corrected chi connectivity index (χ2v) is 7.47. The molecule has 0 spiro atoms. The van der Waals surface area contributed by atoms with Crippen molar-refractivity contribution in [2.24, 2.45) is 0 Å². The molecule has 0 unspecified atom stereocenters. The maximum Gasteiger partial charge on any atom is 0.238 e. The molecular formula is C21H24N2O3S. The minimum atomic E-state index is -0.0885. The summed E-state index contributed by atoms with van der Waals surface area (Å²) in [5.74, 6) is 1.28. The molecule has 2 amide bonds. The van der Waals surface area contributed by atoms with E-state index in [1.54, 1.807) is 18.9 Å². The Labute approximate surface area is 164 Å². The number of ether oxygens (including phenoxy) is 1. The first-order chi connectivity index (χ1) is 13.1. The third-order valence-corrected chi connectivity index (χ3v) is 5.65. The zero-order chi connectivity index (χ0) is 19.2. The van der Waals surface area contributed by atoms with Crippen molar-refractivity contribution in [3.8, 4) is 5.75 Å². The van der Waals surface area contributed by atoms with Gasteiger partial charge in [-0.2, -0.15) is 0 Å². The zero-order valence-electron chi connectivity index (χ0n) is 15.6. The molecule has 0 aromatic heterocycles. The first-order valence-electron chi connectivity index (χ1n) is 9.10. The summed E-state index contributed by atoms with van der Waals surface area (Å²) < 4.78 is 5.29. The van der Waals surface area contributed by atoms with Gasteiger partial charge in [0, 0.05) is 23.9 Å². The lowest BCUT2D eigenvalue weighted by Crippen LogP contribution is -2.27. The number of thioether (sulfide) groups is 1. The highest BCUT2D eigenvalue weighted by Crippen LogP contribution is 2.42. The molecule has 0 bridgehead atoms. The summed E-state index contributed by atoms with van der Waals surface area (Å²) in [6.07, 6.45) is 2.43. The molecule has 1 atom stereocenters. The van der Waals surface area contributed by atoms with Gasteiger partial charge >= 0.3 is 0 Å². The number of carbonyl (C=O) groups excluding carboxylic acids is 2. The molecule has 1 aliphatic rings. The Bertz CT molecular complexity index is 807. The van der Waals surface area contributed by atoms with E-state index in [4.69, 9.17) is 4.74 Å². The summed E-state index contributed by atoms with van der Waals surface area (Å²) in [4.78, 5) is 26.2. The van der Waals surface area contributed by atoms with E-state index in [1.807, 2.05) is 53.4 Å². The van der Waals surface area contributed by atoms with E-state index in [-0.39, 0.29) is 17.2 Å². The van der Waals surface area contributed by atoms with Crippen molar-refractivity contribution in [1.82, 2.24) is 0 Å². The highest BCUT2D eigenvalue weighted by Gasteiger charge is 2.34. The van der Waals surface area contributed by atoms with E-state index in [9.17, 15) is 9.59 Å². The maximum atomic E-state index is 12.5. The number of benzene rings is 2. The largest absolute Gasteiger partial charge is 0.497 e. The molecule has 2 aromatic carbocycles. The minimum Gasteiger partial charge on any atom is -0.497 e. The number of methoxy groups -OCH3 is 1. The van der Waals surface area contributed by atoms with Gasteiger partial charge in [-0.05, 0) is 36.2 Å². The number of nitrogens with one attached hydrogen (secondary N) is 1. The van der Waals surface area contributed by atoms with Crippen molar-refractivity contribution >= 4 is 35.0 Å². The molecular weight excluding hydrogens is 360 g/mol. The Morgan fingerprint density at radius 2 is 2.04 bits per heavy atom. The Balaban J connectivity index is 1.76. The molecule has 27 heavy (non-hydrogen) atoms. The van der Waals surface area contributed by atoms with Gasteiger partial charge in [0.2, 0.25) is 11.8 Å². The number of hydrogen-bond acceptors (Lipinski definition) is 4. The average molecular weight is 385 g/mol. The summed E-state index contributed by atoms with van der Waals surface area (Å²) in [5.41, 5.74) is 2.63. The van der Waals surface area contributed by atoms with Crippen molar-refractivity contribution in [1.29, 1.82) is 0 Å². The quantitative estimate of drug-likeness (QED) is 0.758. The summed E-state index contributed by atoms with van der Waals surface area (Å²) in [6, 6.07) is 15.3. The molecule has 1 saturated heterocycles. The molecule has 1 fully saturated rings. The predicted octanol–water partition coefficient (Wildman–Crippen LogP) is 4.60. The summed E-state index contributed by atoms with van der Waals surface area (Å²) in [5, 5.41) is 2.83. The molecule has 6 heteroatoms. The van der Waals surface area contributed by atoms with Crippen LogP contribution in [0.2, 0.25) is 0 Å². The van der Waals surface area contributed by atoms with E-state index in [0.717, 1.165) is 35.5 Å². The van der Waals surface area contributed by atoms with E-state index in [2.05, 4.69) is 12.2 Å². The van der Waals surface area contributed by atoms with Crippen LogP contribution in [0.15, 0.2) is 48.5 Å². The minimum absolute atomic E-state index is 0.0352. The summed E-state index contributed by atoms with van der Waals surface area (Å²) in [7, 11) is 1.62. The SMILES string of the molecule is CCCCC(=O)Nc1ccc([C@H]2SCC(=O)N2c2cccc(OC)c2)cc1. The van der Waals surface area contributed by atoms with Gasteiger partial charge in [0.05, 0.1) is 12.9 Å². The molecule has 2 aromatic rings. The van der Waals surface area contributed by atoms with Gasteiger partial charge in [-0.25, -0.2) is 0 Å². The van der Waals surface area contributed by atoms with Gasteiger partial charge in [0.15, 0.2) is 0 Å². The lowest BCUT2D eigenvalue weighted by molar-refractivity contribution is -0.116. The van der Waals surface area contributed by atoms with E-state index >= 15 is 0 Å². The van der Waals surface area contributed by atoms with Crippen LogP contribution in [0.4, 0.5) is 11.4 Å². The van der Waals surface area contributed by atoms with Gasteiger partial charge in [-0.15, -0.1) is 11.8 Å². The van der Waals surface area contributed by atoms with Crippen LogP contribution in [-0.4, -0.2) is 24.7 Å². The van der Waals surface area contributed by atoms with Crippen molar-refractivity contribution < 1.29 is 14.3 Å². The van der Waals surface area contributed by atoms with Crippen molar-refractivity contribution in [2.75, 3.05) is 23.1 Å². The molecule has 0 saturated carbocycles. The Hall–Kier alpha value is -2.47. The van der Waals surface area contributed by atoms with Gasteiger partial charge < -0.3 is 10.1 Å². The molecule has 1 aliphatic heterocycles. The average Bonchev–Trinajstić information content (AvgIpc) is 3.08. The van der Waals surface area contributed by atoms with Crippen molar-refractivity contribution in [2.45, 2.75) is 31.6 Å². The van der Waals surface area contributed by atoms with E-state index < -0.39 is 0 Å². The van der Waals surface area contributed by atoms with Crippen LogP contribution in [0.25, 0.3) is 0 Å². The number of unbranched alkanes of at least 4 members (excludes halogenated alkanes) is 1. The lowest BCUT2D eigenvalue weighted by atomic mass is 10.1. The fourth-order valence-electron chi connectivity index (χ4n) is 3.00. The molecule has 5 nitrogen and oxygen atoms in total. The van der Waals surface area contributed by atoms with Crippen molar-refractivity contribution in [3.05, 3.63) is 54.1 Å². The van der Waals surface area contributed by atoms with E-state index in [0.29, 0.717) is 12.2 Å². The van der Waals surface area contributed by atoms with Crippen LogP contribution in [0, 0.1) is 0 Å². The number of carbonyl (C=O) groups is 2. The van der Waals surface area contributed by atoms with Crippen LogP contribution in [0.3, 0.4) is 0 Å². The number of hydrogen-bond donors (Lipinski definition) is 1. The second kappa shape index (κ2) is 8.95. The highest BCUT2D eigenvalue weighted by atomic mass is 32.2. The molecule has 1 N–H and O–H groups in total. The third kappa shape index (κ3) is 4.63. The van der Waals surface area contributed by atoms with Crippen LogP contribution < -0.4 is 15.0 Å². The molecule has 1 heterocycles. The predicted molar refractivity (Wildman–Crippen MR) is 110 cm³/mol. The molecule has 0 radical (unpaired) electrons. The number of anilines is 2. The zero-order valence-corrected chi connectivity index (χ0v) is 16.4. The molecule has 3 rings (SSSR count). The third-order valence-electron chi connectivity index (χ3n) is 4.44. The Kier molecular flexibility index (Phi) is 6.40. The standard InChI is InChI=1S/C21H24N2O3S/c1-3-4-8-19(24)22-16-11-9-15(10-12-16)21-23(20(25)14-27-21)17-6-5-7-18(13-17)26-2/h5-7,9-13,21H,3-4,8,14H2,1-2H3,(H,22,24)/t21-/m1/s1. The lowest BCUT2D eigenvalue weighted by Gasteiger charge is -2.25. The second-order valence-electron chi connectivity index (χ2n) is 6.40. The molecule has 0 aliphatic carbocycles. The first-order valence-corrected chi connectivity index (χ1v) is 10.1. The van der Waals surface area contributed by atoms with Crippen LogP contribution in [0.1, 0.15) is 37.1 Å². The topological polar surface area (TPSA) is 58.6 Å². The monoisotopic (exact) mass is 384 g/mol. The van der Waals surface area contributed by atoms with E-state index in [1.165, 1.54) is 0 Å². The van der Waals surface area contributed by atoms with Crippen LogP contribution in [0.5, 0.6) is 5.75 Å². The Morgan fingerprint density at radius 3 is 2.74 bits per heavy atom. The fraction of sp³-hybridized carbons (Fsp3) is 0.333.